The van der Waals surface area contributed by atoms with E-state index in [-0.39, 0.29) is 23.6 Å². The molecule has 0 saturated heterocycles. The van der Waals surface area contributed by atoms with E-state index in [1.807, 2.05) is 18.2 Å². The molecule has 1 aliphatic carbocycles. The minimum Gasteiger partial charge on any atom is -0.497 e. The average Bonchev–Trinajstić information content (AvgIpc) is 2.88. The fourth-order valence-corrected chi connectivity index (χ4v) is 4.48. The lowest BCUT2D eigenvalue weighted by Gasteiger charge is -2.33. The van der Waals surface area contributed by atoms with Crippen LogP contribution < -0.4 is 15.0 Å². The van der Waals surface area contributed by atoms with Gasteiger partial charge in [0.25, 0.3) is 5.91 Å². The number of pyridine rings is 1. The number of aromatic nitrogens is 1. The Hall–Kier alpha value is -3.38. The second-order valence-corrected chi connectivity index (χ2v) is 8.83. The molecule has 4 rings (SSSR count). The van der Waals surface area contributed by atoms with Gasteiger partial charge in [-0.15, -0.1) is 0 Å². The van der Waals surface area contributed by atoms with Gasteiger partial charge >= 0.3 is 0 Å². The number of ether oxygens (including phenoxy) is 1. The standard InChI is InChI=1S/C27H28ClN3O3/c1-34-23-11-7-8-19(18-23)25(26(32)30-21-9-3-2-4-10-21)31(22-15-13-20(28)14-16-22)27(33)24-12-5-6-17-29-24/h5-8,11-18,21,25H,2-4,9-10H2,1H3,(H,30,32)/t25-/m1/s1. The van der Waals surface area contributed by atoms with Gasteiger partial charge in [0.1, 0.15) is 17.5 Å². The van der Waals surface area contributed by atoms with Gasteiger partial charge in [-0.3, -0.25) is 19.5 Å². The fourth-order valence-electron chi connectivity index (χ4n) is 4.35. The molecule has 0 unspecified atom stereocenters. The maximum absolute atomic E-state index is 13.8. The van der Waals surface area contributed by atoms with Crippen molar-refractivity contribution < 1.29 is 14.3 Å². The summed E-state index contributed by atoms with van der Waals surface area (Å²) in [7, 11) is 1.58. The lowest BCUT2D eigenvalue weighted by Crippen LogP contribution is -2.47. The van der Waals surface area contributed by atoms with E-state index in [4.69, 9.17) is 16.3 Å². The predicted molar refractivity (Wildman–Crippen MR) is 133 cm³/mol. The lowest BCUT2D eigenvalue weighted by atomic mass is 9.94. The van der Waals surface area contributed by atoms with Crippen molar-refractivity contribution >= 4 is 29.1 Å². The maximum atomic E-state index is 13.8. The number of nitrogens with one attached hydrogen (secondary N) is 1. The molecule has 0 aliphatic heterocycles. The summed E-state index contributed by atoms with van der Waals surface area (Å²) in [5, 5.41) is 3.74. The van der Waals surface area contributed by atoms with Crippen molar-refractivity contribution in [2.45, 2.75) is 44.2 Å². The molecule has 1 heterocycles. The largest absolute Gasteiger partial charge is 0.497 e. The molecule has 2 aromatic carbocycles. The molecule has 2 amide bonds. The third-order valence-electron chi connectivity index (χ3n) is 6.08. The van der Waals surface area contributed by atoms with E-state index in [1.54, 1.807) is 61.8 Å². The Balaban J connectivity index is 1.81. The first-order valence-electron chi connectivity index (χ1n) is 11.5. The third-order valence-corrected chi connectivity index (χ3v) is 6.33. The van der Waals surface area contributed by atoms with Crippen molar-refractivity contribution in [2.75, 3.05) is 12.0 Å². The van der Waals surface area contributed by atoms with Crippen LogP contribution in [0.1, 0.15) is 54.2 Å². The van der Waals surface area contributed by atoms with Crippen molar-refractivity contribution in [2.24, 2.45) is 0 Å². The van der Waals surface area contributed by atoms with E-state index in [2.05, 4.69) is 10.3 Å². The topological polar surface area (TPSA) is 71.5 Å². The van der Waals surface area contributed by atoms with Crippen LogP contribution >= 0.6 is 11.6 Å². The minimum absolute atomic E-state index is 0.0892. The maximum Gasteiger partial charge on any atom is 0.277 e. The van der Waals surface area contributed by atoms with Gasteiger partial charge < -0.3 is 10.1 Å². The van der Waals surface area contributed by atoms with Crippen LogP contribution in [0.4, 0.5) is 5.69 Å². The van der Waals surface area contributed by atoms with Crippen molar-refractivity contribution in [3.63, 3.8) is 0 Å². The third kappa shape index (κ3) is 5.57. The van der Waals surface area contributed by atoms with Gasteiger partial charge in [-0.25, -0.2) is 0 Å². The van der Waals surface area contributed by atoms with E-state index in [0.29, 0.717) is 22.0 Å². The molecule has 1 saturated carbocycles. The van der Waals surface area contributed by atoms with Crippen molar-refractivity contribution in [1.29, 1.82) is 0 Å². The Bertz CT molecular complexity index is 1120. The van der Waals surface area contributed by atoms with E-state index in [1.165, 1.54) is 11.3 Å². The smallest absolute Gasteiger partial charge is 0.277 e. The van der Waals surface area contributed by atoms with Gasteiger partial charge in [0.05, 0.1) is 7.11 Å². The van der Waals surface area contributed by atoms with Gasteiger partial charge in [0, 0.05) is 22.9 Å². The zero-order valence-corrected chi connectivity index (χ0v) is 19.9. The number of benzene rings is 2. The molecule has 3 aromatic rings. The van der Waals surface area contributed by atoms with Gasteiger partial charge in [-0.2, -0.15) is 0 Å². The number of hydrogen-bond donors (Lipinski definition) is 1. The highest BCUT2D eigenvalue weighted by molar-refractivity contribution is 6.30. The van der Waals surface area contributed by atoms with Crippen LogP contribution in [0.3, 0.4) is 0 Å². The van der Waals surface area contributed by atoms with Gasteiger partial charge in [0.15, 0.2) is 0 Å². The summed E-state index contributed by atoms with van der Waals surface area (Å²) in [6.07, 6.45) is 6.79. The molecule has 0 spiro atoms. The summed E-state index contributed by atoms with van der Waals surface area (Å²) in [6, 6.07) is 18.5. The molecule has 1 aliphatic rings. The number of amides is 2. The second-order valence-electron chi connectivity index (χ2n) is 8.39. The molecule has 34 heavy (non-hydrogen) atoms. The summed E-state index contributed by atoms with van der Waals surface area (Å²) in [4.78, 5) is 33.4. The molecule has 1 aromatic heterocycles. The number of rotatable bonds is 7. The first-order chi connectivity index (χ1) is 16.6. The van der Waals surface area contributed by atoms with Crippen LogP contribution in [0.5, 0.6) is 5.75 Å². The molecule has 176 valence electrons. The first kappa shape index (κ1) is 23.8. The molecule has 1 atom stereocenters. The second kappa shape index (κ2) is 11.2. The number of anilines is 1. The molecule has 6 nitrogen and oxygen atoms in total. The molecule has 0 bridgehead atoms. The minimum atomic E-state index is -0.923. The van der Waals surface area contributed by atoms with E-state index in [9.17, 15) is 9.59 Å². The molecule has 1 N–H and O–H groups in total. The Morgan fingerprint density at radius 2 is 1.79 bits per heavy atom. The van der Waals surface area contributed by atoms with Crippen molar-refractivity contribution in [3.05, 3.63) is 89.2 Å². The van der Waals surface area contributed by atoms with Gasteiger partial charge in [-0.05, 0) is 66.9 Å². The Morgan fingerprint density at radius 1 is 1.03 bits per heavy atom. The number of halogens is 1. The fraction of sp³-hybridized carbons (Fsp3) is 0.296. The van der Waals surface area contributed by atoms with Gasteiger partial charge in [-0.1, -0.05) is 49.1 Å². The highest BCUT2D eigenvalue weighted by Crippen LogP contribution is 2.32. The van der Waals surface area contributed by atoms with E-state index < -0.39 is 6.04 Å². The Labute approximate surface area is 204 Å². The zero-order valence-electron chi connectivity index (χ0n) is 19.1. The SMILES string of the molecule is COc1cccc([C@H](C(=O)NC2CCCCC2)N(C(=O)c2ccccn2)c2ccc(Cl)cc2)c1. The average molecular weight is 478 g/mol. The lowest BCUT2D eigenvalue weighted by molar-refractivity contribution is -0.123. The Morgan fingerprint density at radius 3 is 2.47 bits per heavy atom. The van der Waals surface area contributed by atoms with Crippen LogP contribution in [0.15, 0.2) is 72.9 Å². The summed E-state index contributed by atoms with van der Waals surface area (Å²) in [5.41, 5.74) is 1.44. The Kier molecular flexibility index (Phi) is 7.80. The van der Waals surface area contributed by atoms with Crippen LogP contribution in [0.2, 0.25) is 5.02 Å². The van der Waals surface area contributed by atoms with E-state index >= 15 is 0 Å². The summed E-state index contributed by atoms with van der Waals surface area (Å²) in [6.45, 7) is 0. The first-order valence-corrected chi connectivity index (χ1v) is 11.9. The molecular formula is C27H28ClN3O3. The van der Waals surface area contributed by atoms with E-state index in [0.717, 1.165) is 25.7 Å². The van der Waals surface area contributed by atoms with Crippen molar-refractivity contribution in [1.82, 2.24) is 10.3 Å². The molecule has 7 heteroatoms. The monoisotopic (exact) mass is 477 g/mol. The highest BCUT2D eigenvalue weighted by atomic mass is 35.5. The number of carbonyl (C=O) groups is 2. The van der Waals surface area contributed by atoms with Crippen LogP contribution in [0.25, 0.3) is 0 Å². The summed E-state index contributed by atoms with van der Waals surface area (Å²) >= 11 is 6.13. The number of nitrogens with zero attached hydrogens (tertiary/aromatic N) is 2. The summed E-state index contributed by atoms with van der Waals surface area (Å²) < 4.78 is 5.42. The van der Waals surface area contributed by atoms with Crippen molar-refractivity contribution in [3.8, 4) is 5.75 Å². The molecule has 0 radical (unpaired) electrons. The van der Waals surface area contributed by atoms with Gasteiger partial charge in [0.2, 0.25) is 5.91 Å². The van der Waals surface area contributed by atoms with Crippen LogP contribution in [-0.2, 0) is 4.79 Å². The quantitative estimate of drug-likeness (QED) is 0.482. The molecule has 1 fully saturated rings. The van der Waals surface area contributed by atoms with Crippen LogP contribution in [-0.4, -0.2) is 29.9 Å². The normalized spacial score (nSPS) is 14.8. The van der Waals surface area contributed by atoms with Crippen LogP contribution in [0, 0.1) is 0 Å². The zero-order chi connectivity index (χ0) is 23.9. The highest BCUT2D eigenvalue weighted by Gasteiger charge is 2.35. The predicted octanol–water partition coefficient (Wildman–Crippen LogP) is 5.58. The number of carbonyl (C=O) groups excluding carboxylic acids is 2. The number of methoxy groups -OCH3 is 1. The number of hydrogen-bond acceptors (Lipinski definition) is 4. The molecular weight excluding hydrogens is 450 g/mol. The summed E-state index contributed by atoms with van der Waals surface area (Å²) in [5.74, 6) is -0.0109.